The highest BCUT2D eigenvalue weighted by Crippen LogP contribution is 2.45. The maximum atomic E-state index is 5.39. The van der Waals surface area contributed by atoms with Gasteiger partial charge in [0.05, 0.1) is 11.0 Å². The molecule has 5 heteroatoms. The number of benzene rings is 9. The Kier molecular flexibility index (Phi) is 8.00. The van der Waals surface area contributed by atoms with Gasteiger partial charge in [0.1, 0.15) is 0 Å². The molecule has 4 nitrogen and oxygen atoms in total. The summed E-state index contributed by atoms with van der Waals surface area (Å²) in [6.45, 7) is 0. The molecule has 12 rings (SSSR count). The van der Waals surface area contributed by atoms with Crippen molar-refractivity contribution in [3.8, 4) is 62.1 Å². The highest BCUT2D eigenvalue weighted by molar-refractivity contribution is 7.26. The first-order valence-corrected chi connectivity index (χ1v) is 21.0. The SMILES string of the molecule is c1ccc(-c2ccc(-c3nc(-c4ccc(-c5ccccc5)cc4)nc(-n4c5ccc6ccccc6c5c5cccc(-c6cccc7c6sc6ccccc67)c54)n3)cc2)cc1. The van der Waals surface area contributed by atoms with E-state index in [2.05, 4.69) is 199 Å². The molecule has 0 aliphatic rings. The van der Waals surface area contributed by atoms with E-state index in [0.717, 1.165) is 44.2 Å². The minimum Gasteiger partial charge on any atom is -0.277 e. The monoisotopic (exact) mass is 782 g/mol. The van der Waals surface area contributed by atoms with Crippen molar-refractivity contribution in [1.29, 1.82) is 0 Å². The van der Waals surface area contributed by atoms with Crippen LogP contribution in [0.3, 0.4) is 0 Å². The molecule has 0 unspecified atom stereocenters. The molecule has 0 saturated heterocycles. The van der Waals surface area contributed by atoms with Crippen LogP contribution in [0.15, 0.2) is 206 Å². The number of hydrogen-bond donors (Lipinski definition) is 0. The fourth-order valence-corrected chi connectivity index (χ4v) is 10.1. The van der Waals surface area contributed by atoms with Gasteiger partial charge < -0.3 is 0 Å². The summed E-state index contributed by atoms with van der Waals surface area (Å²) < 4.78 is 4.83. The van der Waals surface area contributed by atoms with E-state index >= 15 is 0 Å². The van der Waals surface area contributed by atoms with Gasteiger partial charge in [-0.1, -0.05) is 194 Å². The molecule has 0 amide bonds. The molecule has 0 radical (unpaired) electrons. The Bertz CT molecular complexity index is 3470. The zero-order chi connectivity index (χ0) is 39.6. The van der Waals surface area contributed by atoms with Crippen molar-refractivity contribution in [3.05, 3.63) is 206 Å². The Balaban J connectivity index is 1.14. The van der Waals surface area contributed by atoms with Gasteiger partial charge in [-0.15, -0.1) is 11.3 Å². The van der Waals surface area contributed by atoms with Crippen LogP contribution in [0, 0.1) is 0 Å². The number of para-hydroxylation sites is 1. The van der Waals surface area contributed by atoms with Crippen LogP contribution in [-0.4, -0.2) is 19.5 Å². The molecule has 0 fully saturated rings. The number of nitrogens with zero attached hydrogens (tertiary/aromatic N) is 4. The number of aromatic nitrogens is 4. The van der Waals surface area contributed by atoms with Crippen molar-refractivity contribution >= 4 is 64.1 Å². The fraction of sp³-hybridized carbons (Fsp3) is 0. The lowest BCUT2D eigenvalue weighted by Gasteiger charge is -2.14. The van der Waals surface area contributed by atoms with Crippen molar-refractivity contribution in [2.75, 3.05) is 0 Å². The third-order valence-electron chi connectivity index (χ3n) is 11.7. The van der Waals surface area contributed by atoms with Gasteiger partial charge in [0.2, 0.25) is 5.95 Å². The standard InChI is InChI=1S/C55H34N4S/c1-3-13-35(14-4-1)37-25-29-40(30-26-37)53-56-54(41-31-27-38(28-32-41)36-15-5-2-6-16-36)58-55(57-53)59-48-34-33-39-17-7-8-18-42(39)50(48)47-23-11-20-44(51(47)59)46-22-12-21-45-43-19-9-10-24-49(43)60-52(45)46/h1-34H. The van der Waals surface area contributed by atoms with Crippen molar-refractivity contribution in [3.63, 3.8) is 0 Å². The smallest absolute Gasteiger partial charge is 0.238 e. The molecule has 280 valence electrons. The number of thiophene rings is 1. The summed E-state index contributed by atoms with van der Waals surface area (Å²) in [4.78, 5) is 16.0. The molecule has 0 bridgehead atoms. The maximum absolute atomic E-state index is 5.39. The van der Waals surface area contributed by atoms with E-state index in [0.29, 0.717) is 17.6 Å². The molecule has 0 saturated carbocycles. The molecule has 12 aromatic rings. The van der Waals surface area contributed by atoms with Gasteiger partial charge >= 0.3 is 0 Å². The second kappa shape index (κ2) is 14.0. The highest BCUT2D eigenvalue weighted by Gasteiger charge is 2.23. The van der Waals surface area contributed by atoms with Crippen LogP contribution in [0.2, 0.25) is 0 Å². The van der Waals surface area contributed by atoms with Gasteiger partial charge in [-0.2, -0.15) is 9.97 Å². The molecule has 60 heavy (non-hydrogen) atoms. The van der Waals surface area contributed by atoms with Crippen molar-refractivity contribution in [2.24, 2.45) is 0 Å². The molecular formula is C55H34N4S. The quantitative estimate of drug-likeness (QED) is 0.169. The summed E-state index contributed by atoms with van der Waals surface area (Å²) >= 11 is 1.85. The predicted octanol–water partition coefficient (Wildman–Crippen LogP) is 14.8. The average Bonchev–Trinajstić information content (AvgIpc) is 3.89. The third-order valence-corrected chi connectivity index (χ3v) is 12.9. The van der Waals surface area contributed by atoms with E-state index in [-0.39, 0.29) is 0 Å². The first-order chi connectivity index (χ1) is 29.7. The van der Waals surface area contributed by atoms with E-state index in [1.54, 1.807) is 0 Å². The summed E-state index contributed by atoms with van der Waals surface area (Å²) in [6.07, 6.45) is 0. The predicted molar refractivity (Wildman–Crippen MR) is 252 cm³/mol. The summed E-state index contributed by atoms with van der Waals surface area (Å²) in [5, 5.41) is 7.26. The molecular weight excluding hydrogens is 749 g/mol. The average molecular weight is 783 g/mol. The zero-order valence-electron chi connectivity index (χ0n) is 32.3. The largest absolute Gasteiger partial charge is 0.277 e. The van der Waals surface area contributed by atoms with Crippen LogP contribution in [0.1, 0.15) is 0 Å². The highest BCUT2D eigenvalue weighted by atomic mass is 32.1. The van der Waals surface area contributed by atoms with E-state index in [4.69, 9.17) is 15.0 Å². The van der Waals surface area contributed by atoms with Crippen molar-refractivity contribution < 1.29 is 0 Å². The molecule has 9 aromatic carbocycles. The number of rotatable bonds is 6. The van der Waals surface area contributed by atoms with Gasteiger partial charge in [0.25, 0.3) is 0 Å². The second-order valence-corrected chi connectivity index (χ2v) is 16.2. The van der Waals surface area contributed by atoms with Gasteiger partial charge in [-0.05, 0) is 45.2 Å². The Morgan fingerprint density at radius 1 is 0.350 bits per heavy atom. The summed E-state index contributed by atoms with van der Waals surface area (Å²) in [6, 6.07) is 73.2. The molecule has 3 heterocycles. The maximum Gasteiger partial charge on any atom is 0.238 e. The van der Waals surface area contributed by atoms with Crippen LogP contribution < -0.4 is 0 Å². The molecule has 0 N–H and O–H groups in total. The Morgan fingerprint density at radius 3 is 1.53 bits per heavy atom. The van der Waals surface area contributed by atoms with Crippen LogP contribution in [0.25, 0.3) is 115 Å². The van der Waals surface area contributed by atoms with Crippen LogP contribution >= 0.6 is 11.3 Å². The molecule has 0 spiro atoms. The first-order valence-electron chi connectivity index (χ1n) is 20.2. The van der Waals surface area contributed by atoms with Gasteiger partial charge in [0.15, 0.2) is 11.6 Å². The van der Waals surface area contributed by atoms with E-state index in [9.17, 15) is 0 Å². The van der Waals surface area contributed by atoms with Gasteiger partial charge in [-0.25, -0.2) is 4.98 Å². The third kappa shape index (κ3) is 5.63. The summed E-state index contributed by atoms with van der Waals surface area (Å²) in [7, 11) is 0. The van der Waals surface area contributed by atoms with Crippen LogP contribution in [0.5, 0.6) is 0 Å². The van der Waals surface area contributed by atoms with Gasteiger partial charge in [-0.3, -0.25) is 4.57 Å². The fourth-order valence-electron chi connectivity index (χ4n) is 8.83. The topological polar surface area (TPSA) is 43.6 Å². The molecule has 3 aromatic heterocycles. The Hall–Kier alpha value is -7.73. The number of fused-ring (bicyclic) bond motifs is 8. The first kappa shape index (κ1) is 34.3. The van der Waals surface area contributed by atoms with Crippen LogP contribution in [-0.2, 0) is 0 Å². The second-order valence-electron chi connectivity index (χ2n) is 15.2. The van der Waals surface area contributed by atoms with Crippen LogP contribution in [0.4, 0.5) is 0 Å². The Labute approximate surface area is 350 Å². The zero-order valence-corrected chi connectivity index (χ0v) is 33.1. The minimum atomic E-state index is 0.570. The lowest BCUT2D eigenvalue weighted by molar-refractivity contribution is 0.954. The van der Waals surface area contributed by atoms with Gasteiger partial charge in [0, 0.05) is 53.2 Å². The van der Waals surface area contributed by atoms with Crippen molar-refractivity contribution in [2.45, 2.75) is 0 Å². The summed E-state index contributed by atoms with van der Waals surface area (Å²) in [5.41, 5.74) is 10.9. The number of hydrogen-bond acceptors (Lipinski definition) is 4. The lowest BCUT2D eigenvalue weighted by atomic mass is 9.98. The normalized spacial score (nSPS) is 11.7. The molecule has 0 aliphatic heterocycles. The molecule has 0 aliphatic carbocycles. The molecule has 0 atom stereocenters. The van der Waals surface area contributed by atoms with E-state index in [1.807, 2.05) is 23.5 Å². The van der Waals surface area contributed by atoms with E-state index in [1.165, 1.54) is 53.0 Å². The summed E-state index contributed by atoms with van der Waals surface area (Å²) in [5.74, 6) is 1.80. The lowest BCUT2D eigenvalue weighted by Crippen LogP contribution is -2.07. The van der Waals surface area contributed by atoms with E-state index < -0.39 is 0 Å². The minimum absolute atomic E-state index is 0.570. The Morgan fingerprint density at radius 2 is 0.867 bits per heavy atom. The van der Waals surface area contributed by atoms with Crippen molar-refractivity contribution in [1.82, 2.24) is 19.5 Å².